The lowest BCUT2D eigenvalue weighted by Crippen LogP contribution is -2.47. The molecule has 24 heavy (non-hydrogen) atoms. The largest absolute Gasteiger partial charge is 0.481 e. The lowest BCUT2D eigenvalue weighted by molar-refractivity contribution is -0.152. The van der Waals surface area contributed by atoms with Gasteiger partial charge in [-0.1, -0.05) is 12.1 Å². The second kappa shape index (κ2) is 6.89. The number of carbonyl (C=O) groups excluding carboxylic acids is 1. The number of halogens is 1. The van der Waals surface area contributed by atoms with Crippen LogP contribution in [-0.2, 0) is 9.59 Å². The van der Waals surface area contributed by atoms with Crippen molar-refractivity contribution >= 4 is 11.9 Å². The van der Waals surface area contributed by atoms with Crippen molar-refractivity contribution in [3.8, 4) is 0 Å². The summed E-state index contributed by atoms with van der Waals surface area (Å²) >= 11 is 0. The normalized spacial score (nSPS) is 28.3. The fourth-order valence-electron chi connectivity index (χ4n) is 3.95. The van der Waals surface area contributed by atoms with Gasteiger partial charge < -0.3 is 14.9 Å². The van der Waals surface area contributed by atoms with Gasteiger partial charge in [0.25, 0.3) is 0 Å². The monoisotopic (exact) mass is 334 g/mol. The van der Waals surface area contributed by atoms with Gasteiger partial charge in [0.05, 0.1) is 12.0 Å². The first-order chi connectivity index (χ1) is 11.5. The minimum Gasteiger partial charge on any atom is -0.481 e. The zero-order valence-corrected chi connectivity index (χ0v) is 13.8. The smallest absolute Gasteiger partial charge is 0.308 e. The van der Waals surface area contributed by atoms with Crippen molar-refractivity contribution in [3.05, 3.63) is 35.6 Å². The second-order valence-corrected chi connectivity index (χ2v) is 6.94. The number of nitrogens with zero attached hydrogens (tertiary/aromatic N) is 2. The average Bonchev–Trinajstić information content (AvgIpc) is 2.95. The van der Waals surface area contributed by atoms with Crippen LogP contribution in [0, 0.1) is 17.7 Å². The number of aliphatic carboxylic acids is 1. The average molecular weight is 334 g/mol. The third-order valence-electron chi connectivity index (χ3n) is 5.18. The first kappa shape index (κ1) is 16.9. The van der Waals surface area contributed by atoms with Gasteiger partial charge in [0.1, 0.15) is 5.82 Å². The lowest BCUT2D eigenvalue weighted by atomic mass is 9.83. The summed E-state index contributed by atoms with van der Waals surface area (Å²) in [5.41, 5.74) is 0.697. The number of carbonyl (C=O) groups is 2. The van der Waals surface area contributed by atoms with Crippen LogP contribution in [0.4, 0.5) is 4.39 Å². The maximum absolute atomic E-state index is 13.3. The van der Waals surface area contributed by atoms with E-state index in [1.165, 1.54) is 12.1 Å². The molecule has 0 radical (unpaired) electrons. The molecule has 0 saturated carbocycles. The number of amides is 1. The molecule has 2 aliphatic heterocycles. The van der Waals surface area contributed by atoms with Crippen LogP contribution in [0.1, 0.15) is 30.9 Å². The number of carboxylic acid groups (broad SMARTS) is 1. The summed E-state index contributed by atoms with van der Waals surface area (Å²) in [5.74, 6) is -1.56. The van der Waals surface area contributed by atoms with E-state index in [1.54, 1.807) is 17.0 Å². The number of likely N-dealkylation sites (tertiary alicyclic amines) is 2. The molecular weight excluding hydrogens is 311 g/mol. The Hall–Kier alpha value is -1.95. The van der Waals surface area contributed by atoms with E-state index in [4.69, 9.17) is 0 Å². The van der Waals surface area contributed by atoms with Crippen LogP contribution in [0.3, 0.4) is 0 Å². The Kier molecular flexibility index (Phi) is 4.85. The molecule has 1 aromatic carbocycles. The van der Waals surface area contributed by atoms with Gasteiger partial charge in [0.2, 0.25) is 5.91 Å². The van der Waals surface area contributed by atoms with Crippen LogP contribution >= 0.6 is 0 Å². The number of benzene rings is 1. The molecule has 130 valence electrons. The fraction of sp³-hybridized carbons (Fsp3) is 0.556. The Balaban J connectivity index is 1.89. The number of hydrogen-bond acceptors (Lipinski definition) is 3. The highest BCUT2D eigenvalue weighted by molar-refractivity contribution is 5.81. The van der Waals surface area contributed by atoms with Gasteiger partial charge in [-0.2, -0.15) is 0 Å². The summed E-state index contributed by atoms with van der Waals surface area (Å²) in [5, 5.41) is 9.61. The van der Waals surface area contributed by atoms with E-state index in [2.05, 4.69) is 11.9 Å². The van der Waals surface area contributed by atoms with Gasteiger partial charge in [-0.25, -0.2) is 4.39 Å². The molecule has 5 nitrogen and oxygen atoms in total. The molecule has 1 aromatic rings. The van der Waals surface area contributed by atoms with Crippen molar-refractivity contribution in [1.29, 1.82) is 0 Å². The molecule has 2 aliphatic rings. The van der Waals surface area contributed by atoms with Crippen LogP contribution in [0.2, 0.25) is 0 Å². The van der Waals surface area contributed by atoms with E-state index in [0.717, 1.165) is 19.5 Å². The quantitative estimate of drug-likeness (QED) is 0.916. The molecule has 0 bridgehead atoms. The van der Waals surface area contributed by atoms with Crippen molar-refractivity contribution in [3.63, 3.8) is 0 Å². The van der Waals surface area contributed by atoms with Gasteiger partial charge in [-0.3, -0.25) is 9.59 Å². The third kappa shape index (κ3) is 3.43. The summed E-state index contributed by atoms with van der Waals surface area (Å²) in [6, 6.07) is 5.34. The number of carboxylic acids is 1. The molecule has 1 amide bonds. The molecule has 2 saturated heterocycles. The molecule has 0 unspecified atom stereocenters. The molecule has 0 aromatic heterocycles. The highest BCUT2D eigenvalue weighted by Crippen LogP contribution is 2.38. The van der Waals surface area contributed by atoms with E-state index < -0.39 is 17.9 Å². The van der Waals surface area contributed by atoms with Crippen LogP contribution in [-0.4, -0.2) is 53.5 Å². The predicted octanol–water partition coefficient (Wildman–Crippen LogP) is 2.14. The summed E-state index contributed by atoms with van der Waals surface area (Å²) in [4.78, 5) is 28.2. The fourth-order valence-corrected chi connectivity index (χ4v) is 3.95. The van der Waals surface area contributed by atoms with Gasteiger partial charge >= 0.3 is 5.97 Å². The van der Waals surface area contributed by atoms with Gasteiger partial charge in [-0.15, -0.1) is 0 Å². The minimum atomic E-state index is -0.898. The van der Waals surface area contributed by atoms with E-state index in [9.17, 15) is 19.1 Å². The van der Waals surface area contributed by atoms with Crippen molar-refractivity contribution < 1.29 is 19.1 Å². The highest BCUT2D eigenvalue weighted by Gasteiger charge is 2.41. The lowest BCUT2D eigenvalue weighted by Gasteiger charge is -2.41. The topological polar surface area (TPSA) is 60.9 Å². The number of rotatable bonds is 4. The van der Waals surface area contributed by atoms with Crippen molar-refractivity contribution in [1.82, 2.24) is 9.80 Å². The molecule has 1 N–H and O–H groups in total. The summed E-state index contributed by atoms with van der Waals surface area (Å²) in [6.07, 6.45) is 1.60. The Labute approximate surface area is 141 Å². The highest BCUT2D eigenvalue weighted by atomic mass is 19.1. The molecule has 3 rings (SSSR count). The molecule has 6 heteroatoms. The number of piperidine rings is 1. The van der Waals surface area contributed by atoms with Crippen LogP contribution in [0.15, 0.2) is 24.3 Å². The Morgan fingerprint density at radius 2 is 2.00 bits per heavy atom. The Morgan fingerprint density at radius 3 is 2.58 bits per heavy atom. The summed E-state index contributed by atoms with van der Waals surface area (Å²) < 4.78 is 13.3. The Morgan fingerprint density at radius 1 is 1.29 bits per heavy atom. The van der Waals surface area contributed by atoms with Crippen molar-refractivity contribution in [2.75, 3.05) is 26.7 Å². The van der Waals surface area contributed by atoms with Crippen LogP contribution < -0.4 is 0 Å². The Bertz CT molecular complexity index is 619. The summed E-state index contributed by atoms with van der Waals surface area (Å²) in [6.45, 7) is 2.48. The predicted molar refractivity (Wildman–Crippen MR) is 86.8 cm³/mol. The van der Waals surface area contributed by atoms with E-state index >= 15 is 0 Å². The minimum absolute atomic E-state index is 0.00335. The SMILES string of the molecule is CN1CC[C@H](CN2C(=O)CC[C@H](C(=O)O)[C@@H]2c2ccc(F)cc2)C1. The molecule has 0 aliphatic carbocycles. The molecule has 2 fully saturated rings. The van der Waals surface area contributed by atoms with Gasteiger partial charge in [-0.05, 0) is 50.0 Å². The van der Waals surface area contributed by atoms with E-state index in [-0.39, 0.29) is 18.1 Å². The van der Waals surface area contributed by atoms with Crippen LogP contribution in [0.5, 0.6) is 0 Å². The second-order valence-electron chi connectivity index (χ2n) is 6.94. The first-order valence-electron chi connectivity index (χ1n) is 8.42. The van der Waals surface area contributed by atoms with Crippen molar-refractivity contribution in [2.24, 2.45) is 11.8 Å². The summed E-state index contributed by atoms with van der Waals surface area (Å²) in [7, 11) is 2.05. The maximum Gasteiger partial charge on any atom is 0.308 e. The third-order valence-corrected chi connectivity index (χ3v) is 5.18. The first-order valence-corrected chi connectivity index (χ1v) is 8.42. The zero-order chi connectivity index (χ0) is 17.3. The van der Waals surface area contributed by atoms with Crippen LogP contribution in [0.25, 0.3) is 0 Å². The van der Waals surface area contributed by atoms with Gasteiger partial charge in [0.15, 0.2) is 0 Å². The standard InChI is InChI=1S/C18H23FN2O3/c1-20-9-8-12(10-20)11-21-16(22)7-6-15(18(23)24)17(21)13-2-4-14(19)5-3-13/h2-5,12,15,17H,6-11H2,1H3,(H,23,24)/t12-,15-,17-/m0/s1. The zero-order valence-electron chi connectivity index (χ0n) is 13.8. The molecular formula is C18H23FN2O3. The number of hydrogen-bond donors (Lipinski definition) is 1. The van der Waals surface area contributed by atoms with Gasteiger partial charge in [0, 0.05) is 19.5 Å². The van der Waals surface area contributed by atoms with E-state index in [1.807, 2.05) is 0 Å². The van der Waals surface area contributed by atoms with E-state index in [0.29, 0.717) is 24.4 Å². The maximum atomic E-state index is 13.3. The molecule has 3 atom stereocenters. The van der Waals surface area contributed by atoms with Crippen molar-refractivity contribution in [2.45, 2.75) is 25.3 Å². The molecule has 2 heterocycles. The molecule has 0 spiro atoms.